The van der Waals surface area contributed by atoms with Crippen LogP contribution in [0.25, 0.3) is 0 Å². The average Bonchev–Trinajstić information content (AvgIpc) is 2.42. The van der Waals surface area contributed by atoms with Gasteiger partial charge in [0, 0.05) is 0 Å². The lowest BCUT2D eigenvalue weighted by molar-refractivity contribution is 0.0791. The van der Waals surface area contributed by atoms with Crippen LogP contribution in [0.4, 0.5) is 0 Å². The Labute approximate surface area is 113 Å². The predicted molar refractivity (Wildman–Crippen MR) is 72.4 cm³/mol. The summed E-state index contributed by atoms with van der Waals surface area (Å²) in [5.74, 6) is 0.713. The first-order chi connectivity index (χ1) is 9.06. The molecule has 0 amide bonds. The van der Waals surface area contributed by atoms with E-state index in [0.29, 0.717) is 5.75 Å². The number of hydrogen-bond acceptors (Lipinski definition) is 5. The molecule has 0 saturated heterocycles. The molecule has 0 fully saturated rings. The minimum atomic E-state index is -3.72. The summed E-state index contributed by atoms with van der Waals surface area (Å²) >= 11 is 0. The first-order valence-corrected chi connectivity index (χ1v) is 7.32. The number of ether oxygens (including phenoxy) is 2. The maximum atomic E-state index is 11.5. The summed E-state index contributed by atoms with van der Waals surface area (Å²) in [5, 5.41) is 0. The molecule has 106 valence electrons. The molecule has 5 nitrogen and oxygen atoms in total. The maximum Gasteiger partial charge on any atom is 0.294 e. The van der Waals surface area contributed by atoms with Crippen LogP contribution in [0.15, 0.2) is 43.0 Å². The van der Waals surface area contributed by atoms with Gasteiger partial charge in [0.15, 0.2) is 5.44 Å². The Morgan fingerprint density at radius 2 is 1.95 bits per heavy atom. The minimum Gasteiger partial charge on any atom is -0.491 e. The summed E-state index contributed by atoms with van der Waals surface area (Å²) in [6.07, 6.45) is 1.36. The predicted octanol–water partition coefficient (Wildman–Crippen LogP) is 1.96. The van der Waals surface area contributed by atoms with Crippen LogP contribution in [0.5, 0.6) is 5.75 Å². The van der Waals surface area contributed by atoms with Gasteiger partial charge in [0.1, 0.15) is 12.4 Å². The molecule has 0 heterocycles. The van der Waals surface area contributed by atoms with E-state index in [2.05, 4.69) is 10.8 Å². The van der Waals surface area contributed by atoms with Crippen LogP contribution in [-0.2, 0) is 19.0 Å². The Morgan fingerprint density at radius 1 is 1.26 bits per heavy atom. The Morgan fingerprint density at radius 3 is 2.58 bits per heavy atom. The standard InChI is InChI=1S/C13H18O5S/c1-3-9-18-19(14,15)12(2)16-10-11-17-13-7-5-4-6-8-13/h3-8,12H,1,9-11H2,2H3. The molecule has 0 saturated carbocycles. The normalized spacial score (nSPS) is 12.9. The zero-order valence-electron chi connectivity index (χ0n) is 10.8. The van der Waals surface area contributed by atoms with Crippen LogP contribution in [-0.4, -0.2) is 33.7 Å². The Kier molecular flexibility index (Phi) is 6.55. The van der Waals surface area contributed by atoms with Gasteiger partial charge < -0.3 is 9.47 Å². The molecule has 0 aliphatic rings. The van der Waals surface area contributed by atoms with E-state index in [0.717, 1.165) is 0 Å². The second-order valence-corrected chi connectivity index (χ2v) is 5.55. The van der Waals surface area contributed by atoms with Gasteiger partial charge in [-0.2, -0.15) is 8.42 Å². The van der Waals surface area contributed by atoms with Crippen molar-refractivity contribution in [1.29, 1.82) is 0 Å². The molecule has 19 heavy (non-hydrogen) atoms. The van der Waals surface area contributed by atoms with Crippen molar-refractivity contribution in [2.75, 3.05) is 19.8 Å². The Hall–Kier alpha value is -1.37. The molecule has 0 aromatic heterocycles. The Bertz CT molecular complexity index is 469. The molecular formula is C13H18O5S. The van der Waals surface area contributed by atoms with E-state index in [1.807, 2.05) is 30.3 Å². The third-order valence-corrected chi connectivity index (χ3v) is 3.62. The summed E-state index contributed by atoms with van der Waals surface area (Å²) in [5.41, 5.74) is -1.04. The summed E-state index contributed by atoms with van der Waals surface area (Å²) in [4.78, 5) is 0. The topological polar surface area (TPSA) is 61.8 Å². The van der Waals surface area contributed by atoms with Gasteiger partial charge in [-0.15, -0.1) is 6.58 Å². The minimum absolute atomic E-state index is 0.0590. The fraction of sp³-hybridized carbons (Fsp3) is 0.385. The summed E-state index contributed by atoms with van der Waals surface area (Å²) < 4.78 is 38.2. The van der Waals surface area contributed by atoms with Crippen molar-refractivity contribution in [2.24, 2.45) is 0 Å². The van der Waals surface area contributed by atoms with Crippen LogP contribution in [0.2, 0.25) is 0 Å². The number of para-hydroxylation sites is 1. The fourth-order valence-electron chi connectivity index (χ4n) is 1.21. The van der Waals surface area contributed by atoms with Crippen molar-refractivity contribution >= 4 is 10.1 Å². The molecule has 6 heteroatoms. The van der Waals surface area contributed by atoms with E-state index in [1.54, 1.807) is 0 Å². The Balaban J connectivity index is 2.27. The van der Waals surface area contributed by atoms with E-state index < -0.39 is 15.6 Å². The second kappa shape index (κ2) is 7.93. The summed E-state index contributed by atoms with van der Waals surface area (Å²) in [7, 11) is -3.72. The smallest absolute Gasteiger partial charge is 0.294 e. The quantitative estimate of drug-likeness (QED) is 0.394. The molecule has 1 aromatic carbocycles. The zero-order chi connectivity index (χ0) is 14.1. The van der Waals surface area contributed by atoms with Crippen molar-refractivity contribution < 1.29 is 22.1 Å². The zero-order valence-corrected chi connectivity index (χ0v) is 11.6. The molecule has 0 bridgehead atoms. The van der Waals surface area contributed by atoms with Gasteiger partial charge in [-0.1, -0.05) is 24.3 Å². The van der Waals surface area contributed by atoms with Crippen molar-refractivity contribution in [1.82, 2.24) is 0 Å². The molecule has 1 aromatic rings. The average molecular weight is 286 g/mol. The van der Waals surface area contributed by atoms with Crippen LogP contribution >= 0.6 is 0 Å². The largest absolute Gasteiger partial charge is 0.491 e. The third kappa shape index (κ3) is 5.87. The van der Waals surface area contributed by atoms with Crippen LogP contribution in [0, 0.1) is 0 Å². The molecule has 1 atom stereocenters. The maximum absolute atomic E-state index is 11.5. The van der Waals surface area contributed by atoms with Gasteiger partial charge in [0.2, 0.25) is 0 Å². The van der Waals surface area contributed by atoms with Gasteiger partial charge in [0.25, 0.3) is 10.1 Å². The highest BCUT2D eigenvalue weighted by Gasteiger charge is 2.21. The molecule has 0 aliphatic heterocycles. The van der Waals surface area contributed by atoms with Crippen molar-refractivity contribution in [2.45, 2.75) is 12.4 Å². The van der Waals surface area contributed by atoms with E-state index in [9.17, 15) is 8.42 Å². The molecule has 1 rings (SSSR count). The third-order valence-electron chi connectivity index (χ3n) is 2.20. The molecule has 0 aliphatic carbocycles. The lowest BCUT2D eigenvalue weighted by Gasteiger charge is -2.13. The van der Waals surface area contributed by atoms with Gasteiger partial charge in [0.05, 0.1) is 13.2 Å². The van der Waals surface area contributed by atoms with Crippen LogP contribution in [0.3, 0.4) is 0 Å². The van der Waals surface area contributed by atoms with Crippen molar-refractivity contribution in [3.05, 3.63) is 43.0 Å². The second-order valence-electron chi connectivity index (χ2n) is 3.67. The SMILES string of the molecule is C=CCOS(=O)(=O)C(C)OCCOc1ccccc1. The number of rotatable bonds is 9. The van der Waals surface area contributed by atoms with Crippen molar-refractivity contribution in [3.8, 4) is 5.75 Å². The molecule has 0 radical (unpaired) electrons. The molecule has 0 N–H and O–H groups in total. The first kappa shape index (κ1) is 15.7. The summed E-state index contributed by atoms with van der Waals surface area (Å²) in [6, 6.07) is 9.22. The fourth-order valence-corrected chi connectivity index (χ4v) is 1.95. The van der Waals surface area contributed by atoms with E-state index in [4.69, 9.17) is 9.47 Å². The van der Waals surface area contributed by atoms with E-state index >= 15 is 0 Å². The van der Waals surface area contributed by atoms with Crippen molar-refractivity contribution in [3.63, 3.8) is 0 Å². The van der Waals surface area contributed by atoms with Gasteiger partial charge in [-0.3, -0.25) is 4.18 Å². The summed E-state index contributed by atoms with van der Waals surface area (Å²) in [6.45, 7) is 5.17. The van der Waals surface area contributed by atoms with Gasteiger partial charge in [-0.25, -0.2) is 0 Å². The number of benzene rings is 1. The molecule has 1 unspecified atom stereocenters. The first-order valence-electron chi connectivity index (χ1n) is 5.85. The van der Waals surface area contributed by atoms with Crippen LogP contribution < -0.4 is 4.74 Å². The highest BCUT2D eigenvalue weighted by Crippen LogP contribution is 2.09. The van der Waals surface area contributed by atoms with E-state index in [1.165, 1.54) is 13.0 Å². The highest BCUT2D eigenvalue weighted by atomic mass is 32.2. The van der Waals surface area contributed by atoms with Gasteiger partial charge in [-0.05, 0) is 19.1 Å². The molecular weight excluding hydrogens is 268 g/mol. The lowest BCUT2D eigenvalue weighted by atomic mass is 10.3. The van der Waals surface area contributed by atoms with Gasteiger partial charge >= 0.3 is 0 Å². The highest BCUT2D eigenvalue weighted by molar-refractivity contribution is 7.87. The number of hydrogen-bond donors (Lipinski definition) is 0. The monoisotopic (exact) mass is 286 g/mol. The lowest BCUT2D eigenvalue weighted by Crippen LogP contribution is -2.25. The van der Waals surface area contributed by atoms with E-state index in [-0.39, 0.29) is 19.8 Å². The molecule has 0 spiro atoms. The van der Waals surface area contributed by atoms with Crippen LogP contribution in [0.1, 0.15) is 6.92 Å².